The minimum Gasteiger partial charge on any atom is -0.464 e. The zero-order valence-electron chi connectivity index (χ0n) is 11.0. The standard InChI is InChI=1S/C15H8F3N3O/c16-15(17,18)14-11(13-6-3-7-22-13)9-21(20-14)12-5-2-1-4-10(12)8-19/h1-7,9H. The van der Waals surface area contributed by atoms with Crippen LogP contribution in [-0.4, -0.2) is 9.78 Å². The van der Waals surface area contributed by atoms with Gasteiger partial charge < -0.3 is 4.42 Å². The van der Waals surface area contributed by atoms with Gasteiger partial charge in [0.05, 0.1) is 23.1 Å². The summed E-state index contributed by atoms with van der Waals surface area (Å²) in [6, 6.07) is 11.1. The maximum atomic E-state index is 13.2. The van der Waals surface area contributed by atoms with E-state index in [4.69, 9.17) is 9.68 Å². The molecule has 2 aromatic heterocycles. The molecule has 3 rings (SSSR count). The molecule has 0 amide bonds. The molecule has 0 radical (unpaired) electrons. The maximum Gasteiger partial charge on any atom is 0.435 e. The maximum absolute atomic E-state index is 13.2. The van der Waals surface area contributed by atoms with E-state index in [2.05, 4.69) is 5.10 Å². The molecule has 3 aromatic rings. The SMILES string of the molecule is N#Cc1ccccc1-n1cc(-c2ccco2)c(C(F)(F)F)n1. The van der Waals surface area contributed by atoms with Gasteiger partial charge in [0.2, 0.25) is 0 Å². The van der Waals surface area contributed by atoms with Crippen LogP contribution >= 0.6 is 0 Å². The van der Waals surface area contributed by atoms with E-state index in [1.807, 2.05) is 6.07 Å². The van der Waals surface area contributed by atoms with Gasteiger partial charge in [-0.15, -0.1) is 0 Å². The summed E-state index contributed by atoms with van der Waals surface area (Å²) >= 11 is 0. The van der Waals surface area contributed by atoms with E-state index in [1.54, 1.807) is 12.1 Å². The molecule has 7 heteroatoms. The van der Waals surface area contributed by atoms with Crippen molar-refractivity contribution in [3.8, 4) is 23.1 Å². The first-order valence-electron chi connectivity index (χ1n) is 6.21. The van der Waals surface area contributed by atoms with E-state index in [-0.39, 0.29) is 22.6 Å². The monoisotopic (exact) mass is 303 g/mol. The number of hydrogen-bond acceptors (Lipinski definition) is 3. The van der Waals surface area contributed by atoms with Gasteiger partial charge >= 0.3 is 6.18 Å². The predicted molar refractivity (Wildman–Crippen MR) is 71.0 cm³/mol. The Morgan fingerprint density at radius 2 is 1.91 bits per heavy atom. The van der Waals surface area contributed by atoms with Crippen LogP contribution in [0, 0.1) is 11.3 Å². The quantitative estimate of drug-likeness (QED) is 0.718. The van der Waals surface area contributed by atoms with Gasteiger partial charge in [0.15, 0.2) is 5.69 Å². The zero-order valence-corrected chi connectivity index (χ0v) is 11.0. The van der Waals surface area contributed by atoms with Gasteiger partial charge in [-0.1, -0.05) is 12.1 Å². The summed E-state index contributed by atoms with van der Waals surface area (Å²) in [5.41, 5.74) is -0.738. The summed E-state index contributed by atoms with van der Waals surface area (Å²) in [5.74, 6) is 0.0630. The van der Waals surface area contributed by atoms with Crippen LogP contribution in [0.1, 0.15) is 11.3 Å². The summed E-state index contributed by atoms with van der Waals surface area (Å²) in [6.45, 7) is 0. The Kier molecular flexibility index (Phi) is 3.22. The number of nitrogens with zero attached hydrogens (tertiary/aromatic N) is 3. The van der Waals surface area contributed by atoms with Crippen LogP contribution in [0.2, 0.25) is 0 Å². The van der Waals surface area contributed by atoms with Crippen LogP contribution < -0.4 is 0 Å². The molecule has 0 bridgehead atoms. The van der Waals surface area contributed by atoms with Gasteiger partial charge in [0.25, 0.3) is 0 Å². The number of para-hydroxylation sites is 1. The number of benzene rings is 1. The van der Waals surface area contributed by atoms with E-state index in [0.717, 1.165) is 4.68 Å². The molecular formula is C15H8F3N3O. The van der Waals surface area contributed by atoms with E-state index in [0.29, 0.717) is 0 Å². The molecular weight excluding hydrogens is 295 g/mol. The van der Waals surface area contributed by atoms with Crippen LogP contribution in [0.25, 0.3) is 17.0 Å². The highest BCUT2D eigenvalue weighted by Crippen LogP contribution is 2.37. The van der Waals surface area contributed by atoms with Gasteiger partial charge in [-0.2, -0.15) is 23.5 Å². The van der Waals surface area contributed by atoms with Crippen molar-refractivity contribution >= 4 is 0 Å². The fourth-order valence-corrected chi connectivity index (χ4v) is 2.09. The Morgan fingerprint density at radius 3 is 2.55 bits per heavy atom. The van der Waals surface area contributed by atoms with Crippen LogP contribution in [0.15, 0.2) is 53.3 Å². The van der Waals surface area contributed by atoms with Gasteiger partial charge in [-0.25, -0.2) is 4.68 Å². The third-order valence-electron chi connectivity index (χ3n) is 3.04. The molecule has 0 aliphatic heterocycles. The number of halogens is 3. The van der Waals surface area contributed by atoms with Crippen LogP contribution in [0.3, 0.4) is 0 Å². The lowest BCUT2D eigenvalue weighted by Gasteiger charge is -2.04. The molecule has 0 unspecified atom stereocenters. The minimum absolute atomic E-state index is 0.0630. The lowest BCUT2D eigenvalue weighted by Crippen LogP contribution is -2.08. The molecule has 0 atom stereocenters. The zero-order chi connectivity index (χ0) is 15.7. The lowest BCUT2D eigenvalue weighted by atomic mass is 10.2. The summed E-state index contributed by atoms with van der Waals surface area (Å²) in [4.78, 5) is 0. The first-order chi connectivity index (χ1) is 10.5. The largest absolute Gasteiger partial charge is 0.464 e. The second kappa shape index (κ2) is 5.07. The highest BCUT2D eigenvalue weighted by molar-refractivity contribution is 5.62. The van der Waals surface area contributed by atoms with Crippen molar-refractivity contribution < 1.29 is 17.6 Å². The Balaban J connectivity index is 2.22. The third-order valence-corrected chi connectivity index (χ3v) is 3.04. The van der Waals surface area contributed by atoms with E-state index in [9.17, 15) is 13.2 Å². The molecule has 0 saturated carbocycles. The number of alkyl halides is 3. The summed E-state index contributed by atoms with van der Waals surface area (Å²) in [6.07, 6.45) is -2.14. The van der Waals surface area contributed by atoms with E-state index >= 15 is 0 Å². The molecule has 0 spiro atoms. The minimum atomic E-state index is -4.63. The fraction of sp³-hybridized carbons (Fsp3) is 0.0667. The molecule has 0 aliphatic rings. The Labute approximate surface area is 123 Å². The summed E-state index contributed by atoms with van der Waals surface area (Å²) in [5, 5.41) is 12.7. The van der Waals surface area contributed by atoms with Crippen molar-refractivity contribution in [1.82, 2.24) is 9.78 Å². The second-order valence-corrected chi connectivity index (χ2v) is 4.44. The van der Waals surface area contributed by atoms with Crippen molar-refractivity contribution in [3.63, 3.8) is 0 Å². The van der Waals surface area contributed by atoms with Gasteiger partial charge in [-0.05, 0) is 24.3 Å². The van der Waals surface area contributed by atoms with Crippen LogP contribution in [0.5, 0.6) is 0 Å². The molecule has 0 aliphatic carbocycles. The molecule has 0 saturated heterocycles. The molecule has 2 heterocycles. The Bertz CT molecular complexity index is 842. The molecule has 0 fully saturated rings. The number of rotatable bonds is 2. The van der Waals surface area contributed by atoms with Crippen molar-refractivity contribution in [1.29, 1.82) is 5.26 Å². The van der Waals surface area contributed by atoms with Crippen molar-refractivity contribution in [2.45, 2.75) is 6.18 Å². The Morgan fingerprint density at radius 1 is 1.14 bits per heavy atom. The van der Waals surface area contributed by atoms with Crippen LogP contribution in [-0.2, 0) is 6.18 Å². The summed E-state index contributed by atoms with van der Waals surface area (Å²) < 4.78 is 45.6. The molecule has 1 aromatic carbocycles. The lowest BCUT2D eigenvalue weighted by molar-refractivity contribution is -0.140. The van der Waals surface area contributed by atoms with E-state index < -0.39 is 11.9 Å². The highest BCUT2D eigenvalue weighted by atomic mass is 19.4. The number of furan rings is 1. The fourth-order valence-electron chi connectivity index (χ4n) is 2.09. The smallest absolute Gasteiger partial charge is 0.435 e. The first kappa shape index (κ1) is 13.9. The number of aromatic nitrogens is 2. The topological polar surface area (TPSA) is 54.8 Å². The first-order valence-corrected chi connectivity index (χ1v) is 6.21. The van der Waals surface area contributed by atoms with Crippen molar-refractivity contribution in [2.75, 3.05) is 0 Å². The average Bonchev–Trinajstić information content (AvgIpc) is 3.15. The summed E-state index contributed by atoms with van der Waals surface area (Å²) in [7, 11) is 0. The van der Waals surface area contributed by atoms with Crippen molar-refractivity contribution in [3.05, 3.63) is 60.1 Å². The van der Waals surface area contributed by atoms with Gasteiger partial charge in [0.1, 0.15) is 11.8 Å². The van der Waals surface area contributed by atoms with Gasteiger partial charge in [-0.3, -0.25) is 0 Å². The second-order valence-electron chi connectivity index (χ2n) is 4.44. The van der Waals surface area contributed by atoms with Crippen LogP contribution in [0.4, 0.5) is 13.2 Å². The van der Waals surface area contributed by atoms with Gasteiger partial charge in [0, 0.05) is 6.20 Å². The number of nitriles is 1. The molecule has 22 heavy (non-hydrogen) atoms. The average molecular weight is 303 g/mol. The Hall–Kier alpha value is -3.01. The highest BCUT2D eigenvalue weighted by Gasteiger charge is 2.38. The van der Waals surface area contributed by atoms with Crippen molar-refractivity contribution in [2.24, 2.45) is 0 Å². The molecule has 0 N–H and O–H groups in total. The third kappa shape index (κ3) is 2.35. The van der Waals surface area contributed by atoms with E-state index in [1.165, 1.54) is 36.7 Å². The number of hydrogen-bond donors (Lipinski definition) is 0. The molecule has 110 valence electrons. The predicted octanol–water partition coefficient (Wildman–Crippen LogP) is 4.02. The normalized spacial score (nSPS) is 11.4. The molecule has 4 nitrogen and oxygen atoms in total.